The van der Waals surface area contributed by atoms with Crippen molar-refractivity contribution >= 4 is 11.6 Å². The van der Waals surface area contributed by atoms with Crippen LogP contribution in [0.25, 0.3) is 0 Å². The first-order valence-corrected chi connectivity index (χ1v) is 8.70. The Labute approximate surface area is 149 Å². The molecule has 0 aliphatic heterocycles. The molecular formula is C20H26N2O3. The predicted octanol–water partition coefficient (Wildman–Crippen LogP) is 4.61. The number of rotatable bonds is 9. The van der Waals surface area contributed by atoms with Crippen molar-refractivity contribution in [3.63, 3.8) is 0 Å². The summed E-state index contributed by atoms with van der Waals surface area (Å²) in [6.07, 6.45) is 4.72. The topological polar surface area (TPSA) is 60.5 Å². The smallest absolute Gasteiger partial charge is 0.257 e. The number of amides is 1. The van der Waals surface area contributed by atoms with Gasteiger partial charge < -0.3 is 14.8 Å². The van der Waals surface area contributed by atoms with Crippen molar-refractivity contribution in [3.05, 3.63) is 47.7 Å². The largest absolute Gasteiger partial charge is 0.494 e. The first-order valence-electron chi connectivity index (χ1n) is 8.70. The molecule has 1 aromatic heterocycles. The lowest BCUT2D eigenvalue weighted by molar-refractivity contribution is 0.102. The van der Waals surface area contributed by atoms with Crippen LogP contribution in [0.2, 0.25) is 0 Å². The zero-order valence-electron chi connectivity index (χ0n) is 15.2. The second-order valence-electron chi connectivity index (χ2n) is 5.87. The molecule has 134 valence electrons. The van der Waals surface area contributed by atoms with Gasteiger partial charge in [-0.2, -0.15) is 0 Å². The molecule has 0 atom stereocenters. The number of benzene rings is 1. The first kappa shape index (κ1) is 18.8. The van der Waals surface area contributed by atoms with E-state index in [2.05, 4.69) is 17.2 Å². The number of ether oxygens (including phenoxy) is 2. The molecule has 0 spiro atoms. The number of hydrogen-bond donors (Lipinski definition) is 1. The van der Waals surface area contributed by atoms with Crippen LogP contribution in [0.3, 0.4) is 0 Å². The molecule has 0 saturated heterocycles. The minimum absolute atomic E-state index is 0.194. The molecule has 2 aromatic rings. The number of nitrogens with zero attached hydrogens (tertiary/aromatic N) is 1. The average molecular weight is 342 g/mol. The molecule has 2 rings (SSSR count). The van der Waals surface area contributed by atoms with Gasteiger partial charge in [0.25, 0.3) is 5.91 Å². The third kappa shape index (κ3) is 5.78. The summed E-state index contributed by atoms with van der Waals surface area (Å²) in [4.78, 5) is 16.6. The molecule has 1 aromatic carbocycles. The minimum atomic E-state index is -0.194. The molecule has 0 bridgehead atoms. The number of aryl methyl sites for hydroxylation is 1. The van der Waals surface area contributed by atoms with Crippen molar-refractivity contribution in [3.8, 4) is 11.6 Å². The maximum absolute atomic E-state index is 12.4. The van der Waals surface area contributed by atoms with Gasteiger partial charge in [-0.25, -0.2) is 4.98 Å². The third-order valence-corrected chi connectivity index (χ3v) is 3.89. The normalized spacial score (nSPS) is 10.4. The molecule has 0 radical (unpaired) electrons. The maximum atomic E-state index is 12.4. The summed E-state index contributed by atoms with van der Waals surface area (Å²) in [5.41, 5.74) is 1.87. The molecule has 25 heavy (non-hydrogen) atoms. The SMILES string of the molecule is CCCCCCOc1ccc(NC(=O)c2ccc(OC)nc2C)cc1. The van der Waals surface area contributed by atoms with Gasteiger partial charge in [0.15, 0.2) is 0 Å². The summed E-state index contributed by atoms with van der Waals surface area (Å²) in [5, 5.41) is 2.87. The Hall–Kier alpha value is -2.56. The van der Waals surface area contributed by atoms with E-state index < -0.39 is 0 Å². The van der Waals surface area contributed by atoms with Gasteiger partial charge in [0.1, 0.15) is 5.75 Å². The predicted molar refractivity (Wildman–Crippen MR) is 99.6 cm³/mol. The highest BCUT2D eigenvalue weighted by molar-refractivity contribution is 6.05. The molecule has 5 heteroatoms. The fourth-order valence-electron chi connectivity index (χ4n) is 2.44. The van der Waals surface area contributed by atoms with E-state index in [0.29, 0.717) is 17.1 Å². The molecule has 0 saturated carbocycles. The van der Waals surface area contributed by atoms with E-state index in [1.165, 1.54) is 19.3 Å². The van der Waals surface area contributed by atoms with Crippen LogP contribution >= 0.6 is 0 Å². The molecule has 5 nitrogen and oxygen atoms in total. The van der Waals surface area contributed by atoms with Crippen LogP contribution in [-0.4, -0.2) is 24.6 Å². The fraction of sp³-hybridized carbons (Fsp3) is 0.400. The van der Waals surface area contributed by atoms with E-state index in [1.54, 1.807) is 26.2 Å². The molecule has 1 heterocycles. The lowest BCUT2D eigenvalue weighted by Gasteiger charge is -2.10. The Kier molecular flexibility index (Phi) is 7.26. The molecule has 0 aliphatic carbocycles. The summed E-state index contributed by atoms with van der Waals surface area (Å²) in [6.45, 7) is 4.70. The van der Waals surface area contributed by atoms with Gasteiger partial charge in [0.05, 0.1) is 25.0 Å². The van der Waals surface area contributed by atoms with E-state index in [0.717, 1.165) is 24.5 Å². The Morgan fingerprint density at radius 1 is 1.08 bits per heavy atom. The Morgan fingerprint density at radius 2 is 1.84 bits per heavy atom. The Morgan fingerprint density at radius 3 is 2.48 bits per heavy atom. The number of carbonyl (C=O) groups is 1. The number of pyridine rings is 1. The van der Waals surface area contributed by atoms with Crippen LogP contribution in [0.1, 0.15) is 48.7 Å². The van der Waals surface area contributed by atoms with Gasteiger partial charge in [-0.15, -0.1) is 0 Å². The molecule has 0 aliphatic rings. The van der Waals surface area contributed by atoms with Crippen molar-refractivity contribution in [2.75, 3.05) is 19.0 Å². The molecule has 1 amide bonds. The number of nitrogens with one attached hydrogen (secondary N) is 1. The van der Waals surface area contributed by atoms with Crippen molar-refractivity contribution in [2.24, 2.45) is 0 Å². The van der Waals surface area contributed by atoms with Crippen molar-refractivity contribution in [1.29, 1.82) is 0 Å². The van der Waals surface area contributed by atoms with Crippen LogP contribution in [0.4, 0.5) is 5.69 Å². The molecule has 0 unspecified atom stereocenters. The lowest BCUT2D eigenvalue weighted by atomic mass is 10.2. The first-order chi connectivity index (χ1) is 12.1. The van der Waals surface area contributed by atoms with E-state index in [-0.39, 0.29) is 5.91 Å². The van der Waals surface area contributed by atoms with E-state index in [1.807, 2.05) is 24.3 Å². The lowest BCUT2D eigenvalue weighted by Crippen LogP contribution is -2.14. The average Bonchev–Trinajstić information content (AvgIpc) is 2.62. The van der Waals surface area contributed by atoms with E-state index >= 15 is 0 Å². The second-order valence-corrected chi connectivity index (χ2v) is 5.87. The van der Waals surface area contributed by atoms with Crippen molar-refractivity contribution < 1.29 is 14.3 Å². The van der Waals surface area contributed by atoms with Crippen LogP contribution < -0.4 is 14.8 Å². The zero-order chi connectivity index (χ0) is 18.1. The van der Waals surface area contributed by atoms with Gasteiger partial charge in [0.2, 0.25) is 5.88 Å². The summed E-state index contributed by atoms with van der Waals surface area (Å²) in [5.74, 6) is 1.12. The molecule has 1 N–H and O–H groups in total. The van der Waals surface area contributed by atoms with Crippen LogP contribution in [0, 0.1) is 6.92 Å². The van der Waals surface area contributed by atoms with Crippen molar-refractivity contribution in [2.45, 2.75) is 39.5 Å². The van der Waals surface area contributed by atoms with Crippen LogP contribution in [0.15, 0.2) is 36.4 Å². The summed E-state index contributed by atoms with van der Waals surface area (Å²) >= 11 is 0. The summed E-state index contributed by atoms with van der Waals surface area (Å²) in [6, 6.07) is 10.8. The quantitative estimate of drug-likeness (QED) is 0.676. The van der Waals surface area contributed by atoms with Crippen LogP contribution in [0.5, 0.6) is 11.6 Å². The number of aromatic nitrogens is 1. The highest BCUT2D eigenvalue weighted by Gasteiger charge is 2.11. The Balaban J connectivity index is 1.89. The van der Waals surface area contributed by atoms with E-state index in [9.17, 15) is 4.79 Å². The van der Waals surface area contributed by atoms with Gasteiger partial charge in [-0.3, -0.25) is 4.79 Å². The van der Waals surface area contributed by atoms with E-state index in [4.69, 9.17) is 9.47 Å². The minimum Gasteiger partial charge on any atom is -0.494 e. The highest BCUT2D eigenvalue weighted by Crippen LogP contribution is 2.18. The van der Waals surface area contributed by atoms with Gasteiger partial charge in [-0.05, 0) is 43.7 Å². The number of carbonyl (C=O) groups excluding carboxylic acids is 1. The number of anilines is 1. The van der Waals surface area contributed by atoms with Gasteiger partial charge in [-0.1, -0.05) is 26.2 Å². The van der Waals surface area contributed by atoms with Crippen LogP contribution in [-0.2, 0) is 0 Å². The highest BCUT2D eigenvalue weighted by atomic mass is 16.5. The second kappa shape index (κ2) is 9.67. The number of methoxy groups -OCH3 is 1. The standard InChI is InChI=1S/C20H26N2O3/c1-4-5-6-7-14-25-17-10-8-16(9-11-17)22-20(23)18-12-13-19(24-3)21-15(18)2/h8-13H,4-7,14H2,1-3H3,(H,22,23). The summed E-state index contributed by atoms with van der Waals surface area (Å²) in [7, 11) is 1.55. The van der Waals surface area contributed by atoms with Crippen molar-refractivity contribution in [1.82, 2.24) is 4.98 Å². The molecule has 0 fully saturated rings. The summed E-state index contributed by atoms with van der Waals surface area (Å²) < 4.78 is 10.8. The fourth-order valence-corrected chi connectivity index (χ4v) is 2.44. The maximum Gasteiger partial charge on any atom is 0.257 e. The number of unbranched alkanes of at least 4 members (excludes halogenated alkanes) is 3. The van der Waals surface area contributed by atoms with Gasteiger partial charge >= 0.3 is 0 Å². The molecular weight excluding hydrogens is 316 g/mol. The van der Waals surface area contributed by atoms with Gasteiger partial charge in [0, 0.05) is 11.8 Å². The monoisotopic (exact) mass is 342 g/mol. The third-order valence-electron chi connectivity index (χ3n) is 3.89. The Bertz CT molecular complexity index is 684. The zero-order valence-corrected chi connectivity index (χ0v) is 15.2. The number of hydrogen-bond acceptors (Lipinski definition) is 4.